The Hall–Kier alpha value is -0.210. The highest BCUT2D eigenvalue weighted by molar-refractivity contribution is 14.1. The number of ketones is 1. The minimum atomic E-state index is -3.78. The molecule has 0 radical (unpaired) electrons. The molecule has 1 aromatic rings. The summed E-state index contributed by atoms with van der Waals surface area (Å²) in [4.78, 5) is 11.8. The predicted octanol–water partition coefficient (Wildman–Crippen LogP) is 2.38. The molecule has 1 aromatic carbocycles. The topological polar surface area (TPSA) is 51.2 Å². The molecule has 0 bridgehead atoms. The second-order valence-electron chi connectivity index (χ2n) is 3.13. The third-order valence-electron chi connectivity index (χ3n) is 1.82. The van der Waals surface area contributed by atoms with Gasteiger partial charge in [-0.05, 0) is 34.7 Å². The smallest absolute Gasteiger partial charge is 0.257 e. The van der Waals surface area contributed by atoms with E-state index in [0.717, 1.165) is 18.4 Å². The number of benzene rings is 1. The van der Waals surface area contributed by atoms with Crippen molar-refractivity contribution in [2.24, 2.45) is 0 Å². The van der Waals surface area contributed by atoms with E-state index in [-0.39, 0.29) is 5.56 Å². The van der Waals surface area contributed by atoms with Crippen molar-refractivity contribution in [3.8, 4) is 0 Å². The summed E-state index contributed by atoms with van der Waals surface area (Å²) in [5, 5.41) is 0. The Bertz CT molecular complexity index is 527. The maximum atomic E-state index is 12.9. The zero-order valence-electron chi connectivity index (χ0n) is 8.08. The van der Waals surface area contributed by atoms with Crippen molar-refractivity contribution < 1.29 is 17.6 Å². The molecule has 88 valence electrons. The first kappa shape index (κ1) is 13.9. The first-order valence-electron chi connectivity index (χ1n) is 4.04. The van der Waals surface area contributed by atoms with Crippen LogP contribution in [0.5, 0.6) is 0 Å². The fourth-order valence-electron chi connectivity index (χ4n) is 0.966. The number of carbonyl (C=O) groups excluding carboxylic acids is 1. The molecule has 0 aromatic heterocycles. The summed E-state index contributed by atoms with van der Waals surface area (Å²) in [6.07, 6.45) is 0.851. The Morgan fingerprint density at radius 3 is 2.50 bits per heavy atom. The molecule has 0 spiro atoms. The lowest BCUT2D eigenvalue weighted by Crippen LogP contribution is -2.34. The third-order valence-corrected chi connectivity index (χ3v) is 6.84. The molecular weight excluding hydrogens is 370 g/mol. The van der Waals surface area contributed by atoms with Crippen molar-refractivity contribution in [1.29, 1.82) is 0 Å². The van der Waals surface area contributed by atoms with Gasteiger partial charge in [0.25, 0.3) is 2.21 Å². The number of alkyl halides is 2. The van der Waals surface area contributed by atoms with Gasteiger partial charge in [0.15, 0.2) is 9.84 Å². The standard InChI is InChI=1S/C9H7ClFIO3S/c1-16(14,15)9(10,12)8(13)6-3-2-4-7(11)5-6/h2-5H,1H3/t9-/m1/s1. The highest BCUT2D eigenvalue weighted by atomic mass is 127. The fourth-order valence-corrected chi connectivity index (χ4v) is 1.84. The lowest BCUT2D eigenvalue weighted by atomic mass is 10.1. The molecule has 1 rings (SSSR count). The van der Waals surface area contributed by atoms with Crippen molar-refractivity contribution in [2.45, 2.75) is 2.21 Å². The second kappa shape index (κ2) is 4.58. The molecule has 16 heavy (non-hydrogen) atoms. The van der Waals surface area contributed by atoms with Crippen molar-refractivity contribution in [2.75, 3.05) is 6.26 Å². The number of hydrogen-bond donors (Lipinski definition) is 0. The van der Waals surface area contributed by atoms with E-state index < -0.39 is 23.7 Å². The van der Waals surface area contributed by atoms with Gasteiger partial charge in [0.1, 0.15) is 5.82 Å². The van der Waals surface area contributed by atoms with E-state index in [2.05, 4.69) is 0 Å². The number of hydrogen-bond acceptors (Lipinski definition) is 3. The van der Waals surface area contributed by atoms with Crippen molar-refractivity contribution in [1.82, 2.24) is 0 Å². The Kier molecular flexibility index (Phi) is 3.96. The third kappa shape index (κ3) is 2.72. The summed E-state index contributed by atoms with van der Waals surface area (Å²) in [5.74, 6) is -1.47. The van der Waals surface area contributed by atoms with Crippen LogP contribution in [-0.2, 0) is 9.84 Å². The average molecular weight is 377 g/mol. The SMILES string of the molecule is CS(=O)(=O)[C@](Cl)(I)C(=O)c1cccc(F)c1. The number of rotatable bonds is 3. The molecule has 0 fully saturated rings. The van der Waals surface area contributed by atoms with Crippen LogP contribution in [0.15, 0.2) is 24.3 Å². The zero-order chi connectivity index (χ0) is 12.6. The van der Waals surface area contributed by atoms with Crippen LogP contribution in [0.1, 0.15) is 10.4 Å². The monoisotopic (exact) mass is 376 g/mol. The van der Waals surface area contributed by atoms with Crippen LogP contribution < -0.4 is 0 Å². The summed E-state index contributed by atoms with van der Waals surface area (Å²) in [6.45, 7) is 0. The molecule has 0 aliphatic heterocycles. The van der Waals surface area contributed by atoms with Gasteiger partial charge in [-0.1, -0.05) is 23.7 Å². The highest BCUT2D eigenvalue weighted by Gasteiger charge is 2.44. The Labute approximate surface area is 111 Å². The number of sulfone groups is 1. The molecule has 0 unspecified atom stereocenters. The first-order chi connectivity index (χ1) is 7.16. The minimum Gasteiger partial charge on any atom is -0.290 e. The first-order valence-corrected chi connectivity index (χ1v) is 7.39. The molecular formula is C9H7ClFIO3S. The van der Waals surface area contributed by atoms with E-state index in [1.54, 1.807) is 0 Å². The fraction of sp³-hybridized carbons (Fsp3) is 0.222. The Morgan fingerprint density at radius 2 is 2.06 bits per heavy atom. The summed E-state index contributed by atoms with van der Waals surface area (Å²) < 4.78 is 33.4. The Balaban J connectivity index is 3.23. The molecule has 0 heterocycles. The van der Waals surface area contributed by atoms with Crippen molar-refractivity contribution in [3.05, 3.63) is 35.6 Å². The van der Waals surface area contributed by atoms with E-state index in [1.165, 1.54) is 34.7 Å². The maximum absolute atomic E-state index is 12.9. The normalized spacial score (nSPS) is 15.5. The summed E-state index contributed by atoms with van der Waals surface area (Å²) in [6, 6.07) is 4.73. The van der Waals surface area contributed by atoms with Gasteiger partial charge in [-0.3, -0.25) is 4.79 Å². The second-order valence-corrected chi connectivity index (χ2v) is 9.06. The molecule has 1 atom stereocenters. The van der Waals surface area contributed by atoms with Crippen LogP contribution in [-0.4, -0.2) is 22.7 Å². The van der Waals surface area contributed by atoms with Gasteiger partial charge in [0.2, 0.25) is 5.78 Å². The van der Waals surface area contributed by atoms with E-state index in [4.69, 9.17) is 11.6 Å². The molecule has 0 N–H and O–H groups in total. The molecule has 7 heteroatoms. The van der Waals surface area contributed by atoms with Crippen LogP contribution in [0.3, 0.4) is 0 Å². The zero-order valence-corrected chi connectivity index (χ0v) is 11.8. The van der Waals surface area contributed by atoms with Gasteiger partial charge in [-0.2, -0.15) is 0 Å². The van der Waals surface area contributed by atoms with Gasteiger partial charge in [-0.15, -0.1) is 0 Å². The molecule has 0 amide bonds. The largest absolute Gasteiger partial charge is 0.290 e. The Morgan fingerprint density at radius 1 is 1.50 bits per heavy atom. The van der Waals surface area contributed by atoms with Gasteiger partial charge >= 0.3 is 0 Å². The van der Waals surface area contributed by atoms with Crippen LogP contribution in [0.25, 0.3) is 0 Å². The number of halogens is 3. The van der Waals surface area contributed by atoms with Crippen LogP contribution >= 0.6 is 34.2 Å². The minimum absolute atomic E-state index is 0.0742. The van der Waals surface area contributed by atoms with Crippen LogP contribution in [0.2, 0.25) is 0 Å². The average Bonchev–Trinajstić information content (AvgIpc) is 2.14. The van der Waals surface area contributed by atoms with Crippen LogP contribution in [0.4, 0.5) is 4.39 Å². The van der Waals surface area contributed by atoms with Gasteiger partial charge < -0.3 is 0 Å². The molecule has 0 saturated carbocycles. The highest BCUT2D eigenvalue weighted by Crippen LogP contribution is 2.34. The number of carbonyl (C=O) groups is 1. The maximum Gasteiger partial charge on any atom is 0.257 e. The van der Waals surface area contributed by atoms with Crippen molar-refractivity contribution >= 4 is 49.8 Å². The summed E-state index contributed by atoms with van der Waals surface area (Å²) >= 11 is 7.01. The predicted molar refractivity (Wildman–Crippen MR) is 68.2 cm³/mol. The van der Waals surface area contributed by atoms with E-state index >= 15 is 0 Å². The molecule has 0 aliphatic carbocycles. The number of Topliss-reactive ketones (excluding diaryl/α,β-unsaturated/α-hetero) is 1. The lowest BCUT2D eigenvalue weighted by Gasteiger charge is -2.16. The summed E-state index contributed by atoms with van der Waals surface area (Å²) in [5.41, 5.74) is -0.0742. The van der Waals surface area contributed by atoms with Gasteiger partial charge in [-0.25, -0.2) is 12.8 Å². The quantitative estimate of drug-likeness (QED) is 0.462. The van der Waals surface area contributed by atoms with E-state index in [0.29, 0.717) is 0 Å². The summed E-state index contributed by atoms with van der Waals surface area (Å²) in [7, 11) is -3.78. The van der Waals surface area contributed by atoms with E-state index in [1.807, 2.05) is 0 Å². The molecule has 0 aliphatic rings. The van der Waals surface area contributed by atoms with Gasteiger partial charge in [0, 0.05) is 11.8 Å². The molecule has 3 nitrogen and oxygen atoms in total. The van der Waals surface area contributed by atoms with Crippen LogP contribution in [0, 0.1) is 5.82 Å². The lowest BCUT2D eigenvalue weighted by molar-refractivity contribution is 0.100. The van der Waals surface area contributed by atoms with Gasteiger partial charge in [0.05, 0.1) is 0 Å². The van der Waals surface area contributed by atoms with E-state index in [9.17, 15) is 17.6 Å². The van der Waals surface area contributed by atoms with Crippen molar-refractivity contribution in [3.63, 3.8) is 0 Å². The molecule has 0 saturated heterocycles.